The molecule has 0 radical (unpaired) electrons. The number of sulfonamides is 1. The fourth-order valence-corrected chi connectivity index (χ4v) is 4.80. The molecule has 12 heteroatoms. The van der Waals surface area contributed by atoms with E-state index in [9.17, 15) is 21.6 Å². The summed E-state index contributed by atoms with van der Waals surface area (Å²) in [4.78, 5) is 7.60. The Bertz CT molecular complexity index is 1110. The minimum absolute atomic E-state index is 0.0828. The van der Waals surface area contributed by atoms with Gasteiger partial charge in [-0.25, -0.2) is 22.9 Å². The second-order valence-electron chi connectivity index (χ2n) is 6.58. The van der Waals surface area contributed by atoms with Gasteiger partial charge in [0.15, 0.2) is 11.5 Å². The lowest BCUT2D eigenvalue weighted by molar-refractivity contribution is -0.138. The van der Waals surface area contributed by atoms with Crippen molar-refractivity contribution in [3.05, 3.63) is 41.8 Å². The van der Waals surface area contributed by atoms with Crippen molar-refractivity contribution in [1.29, 1.82) is 0 Å². The normalized spacial score (nSPS) is 17.4. The molecule has 4 heterocycles. The Hall–Kier alpha value is -2.47. The summed E-state index contributed by atoms with van der Waals surface area (Å²) in [5, 5.41) is 3.65. The molecule has 0 bridgehead atoms. The highest BCUT2D eigenvalue weighted by Crippen LogP contribution is 2.39. The summed E-state index contributed by atoms with van der Waals surface area (Å²) >= 11 is 0. The minimum Gasteiger partial charge on any atom is -0.428 e. The molecule has 1 saturated heterocycles. The van der Waals surface area contributed by atoms with Gasteiger partial charge >= 0.3 is 6.18 Å². The lowest BCUT2D eigenvalue weighted by Crippen LogP contribution is -2.38. The molecule has 3 aromatic heterocycles. The number of aromatic nitrogens is 4. The first-order chi connectivity index (χ1) is 13.2. The van der Waals surface area contributed by atoms with Crippen LogP contribution in [0.1, 0.15) is 35.8 Å². The van der Waals surface area contributed by atoms with E-state index in [0.29, 0.717) is 0 Å². The van der Waals surface area contributed by atoms with Crippen LogP contribution in [0.3, 0.4) is 0 Å². The van der Waals surface area contributed by atoms with Gasteiger partial charge < -0.3 is 4.42 Å². The summed E-state index contributed by atoms with van der Waals surface area (Å²) in [5.41, 5.74) is -0.560. The van der Waals surface area contributed by atoms with Crippen molar-refractivity contribution in [1.82, 2.24) is 23.9 Å². The molecule has 0 aliphatic carbocycles. The Labute approximate surface area is 158 Å². The molecule has 8 nitrogen and oxygen atoms in total. The molecular weight excluding hydrogens is 399 g/mol. The fourth-order valence-electron chi connectivity index (χ4n) is 3.44. The third-order valence-electron chi connectivity index (χ3n) is 4.84. The van der Waals surface area contributed by atoms with E-state index >= 15 is 0 Å². The largest absolute Gasteiger partial charge is 0.428 e. The Balaban J connectivity index is 1.60. The number of alkyl halides is 3. The van der Waals surface area contributed by atoms with Crippen LogP contribution < -0.4 is 0 Å². The van der Waals surface area contributed by atoms with Gasteiger partial charge in [0, 0.05) is 26.2 Å². The molecule has 3 aromatic rings. The van der Waals surface area contributed by atoms with Gasteiger partial charge in [0.25, 0.3) is 15.1 Å². The van der Waals surface area contributed by atoms with Crippen molar-refractivity contribution in [2.75, 3.05) is 13.1 Å². The fraction of sp³-hybridized carbons (Fsp3) is 0.438. The van der Waals surface area contributed by atoms with Crippen LogP contribution in [0, 0.1) is 6.92 Å². The van der Waals surface area contributed by atoms with Gasteiger partial charge in [-0.1, -0.05) is 0 Å². The first-order valence-corrected chi connectivity index (χ1v) is 9.93. The van der Waals surface area contributed by atoms with E-state index in [-0.39, 0.29) is 48.1 Å². The number of hydrogen-bond donors (Lipinski definition) is 0. The third kappa shape index (κ3) is 3.26. The van der Waals surface area contributed by atoms with E-state index in [0.717, 1.165) is 12.3 Å². The van der Waals surface area contributed by atoms with E-state index in [4.69, 9.17) is 4.42 Å². The summed E-state index contributed by atoms with van der Waals surface area (Å²) in [5.74, 6) is -0.224. The first kappa shape index (κ1) is 18.9. The molecule has 1 aliphatic heterocycles. The van der Waals surface area contributed by atoms with E-state index < -0.39 is 27.7 Å². The average molecular weight is 415 g/mol. The van der Waals surface area contributed by atoms with Crippen LogP contribution in [0.25, 0.3) is 5.65 Å². The predicted molar refractivity (Wildman–Crippen MR) is 90.0 cm³/mol. The number of rotatable bonds is 3. The van der Waals surface area contributed by atoms with Gasteiger partial charge in [0.05, 0.1) is 11.8 Å². The maximum atomic E-state index is 13.5. The summed E-state index contributed by atoms with van der Waals surface area (Å²) in [7, 11) is -3.86. The maximum Gasteiger partial charge on any atom is 0.416 e. The smallest absolute Gasteiger partial charge is 0.416 e. The highest BCUT2D eigenvalue weighted by Gasteiger charge is 2.38. The number of oxazole rings is 1. The zero-order valence-corrected chi connectivity index (χ0v) is 15.5. The van der Waals surface area contributed by atoms with Crippen LogP contribution in [0.2, 0.25) is 0 Å². The van der Waals surface area contributed by atoms with Crippen molar-refractivity contribution in [2.24, 2.45) is 0 Å². The van der Waals surface area contributed by atoms with Crippen molar-refractivity contribution in [2.45, 2.75) is 37.0 Å². The van der Waals surface area contributed by atoms with Gasteiger partial charge in [0.1, 0.15) is 6.33 Å². The SMILES string of the molecule is Cc1ncc(S(=O)(=O)N2CCC(c3cn4ncnc4cc3C(F)(F)F)CC2)o1. The highest BCUT2D eigenvalue weighted by atomic mass is 32.2. The maximum absolute atomic E-state index is 13.5. The lowest BCUT2D eigenvalue weighted by Gasteiger charge is -2.31. The zero-order valence-electron chi connectivity index (χ0n) is 14.7. The number of fused-ring (bicyclic) bond motifs is 1. The second-order valence-corrected chi connectivity index (χ2v) is 8.45. The number of hydrogen-bond acceptors (Lipinski definition) is 6. The van der Waals surface area contributed by atoms with E-state index in [1.807, 2.05) is 0 Å². The number of aryl methyl sites for hydroxylation is 1. The van der Waals surface area contributed by atoms with Crippen LogP contribution in [-0.2, 0) is 16.2 Å². The molecule has 150 valence electrons. The summed E-state index contributed by atoms with van der Waals surface area (Å²) in [6, 6.07) is 0.975. The van der Waals surface area contributed by atoms with Gasteiger partial charge in [-0.3, -0.25) is 0 Å². The van der Waals surface area contributed by atoms with Crippen molar-refractivity contribution >= 4 is 15.7 Å². The van der Waals surface area contributed by atoms with E-state index in [2.05, 4.69) is 15.1 Å². The Morgan fingerprint density at radius 2 is 1.93 bits per heavy atom. The van der Waals surface area contributed by atoms with Crippen molar-refractivity contribution in [3.8, 4) is 0 Å². The molecule has 4 rings (SSSR count). The quantitative estimate of drug-likeness (QED) is 0.653. The highest BCUT2D eigenvalue weighted by molar-refractivity contribution is 7.89. The van der Waals surface area contributed by atoms with Gasteiger partial charge in [-0.15, -0.1) is 0 Å². The second kappa shape index (κ2) is 6.55. The number of nitrogens with zero attached hydrogens (tertiary/aromatic N) is 5. The molecular formula is C16H16F3N5O3S. The Morgan fingerprint density at radius 3 is 2.54 bits per heavy atom. The van der Waals surface area contributed by atoms with E-state index in [1.165, 1.54) is 28.3 Å². The molecule has 0 atom stereocenters. The summed E-state index contributed by atoms with van der Waals surface area (Å²) in [6.45, 7) is 1.70. The Kier molecular flexibility index (Phi) is 4.42. The third-order valence-corrected chi connectivity index (χ3v) is 6.58. The number of piperidine rings is 1. The Morgan fingerprint density at radius 1 is 1.21 bits per heavy atom. The zero-order chi connectivity index (χ0) is 20.1. The van der Waals surface area contributed by atoms with Crippen LogP contribution in [0.15, 0.2) is 34.3 Å². The average Bonchev–Trinajstić information content (AvgIpc) is 3.28. The molecule has 0 aromatic carbocycles. The molecule has 0 spiro atoms. The lowest BCUT2D eigenvalue weighted by atomic mass is 9.88. The summed E-state index contributed by atoms with van der Waals surface area (Å²) in [6.07, 6.45) is -0.389. The molecule has 28 heavy (non-hydrogen) atoms. The van der Waals surface area contributed by atoms with Crippen molar-refractivity contribution < 1.29 is 26.0 Å². The molecule has 0 unspecified atom stereocenters. The van der Waals surface area contributed by atoms with Crippen LogP contribution >= 0.6 is 0 Å². The van der Waals surface area contributed by atoms with E-state index in [1.54, 1.807) is 0 Å². The molecule has 0 N–H and O–H groups in total. The number of halogens is 3. The molecule has 0 saturated carbocycles. The van der Waals surface area contributed by atoms with Crippen LogP contribution in [0.4, 0.5) is 13.2 Å². The van der Waals surface area contributed by atoms with Crippen molar-refractivity contribution in [3.63, 3.8) is 0 Å². The molecule has 1 aliphatic rings. The first-order valence-electron chi connectivity index (χ1n) is 8.49. The van der Waals surface area contributed by atoms with Crippen LogP contribution in [-0.4, -0.2) is 45.4 Å². The van der Waals surface area contributed by atoms with Gasteiger partial charge in [-0.2, -0.15) is 22.6 Å². The van der Waals surface area contributed by atoms with Gasteiger partial charge in [-0.05, 0) is 30.4 Å². The molecule has 0 amide bonds. The summed E-state index contributed by atoms with van der Waals surface area (Å²) < 4.78 is 73.4. The molecule has 1 fully saturated rings. The monoisotopic (exact) mass is 415 g/mol. The van der Waals surface area contributed by atoms with Gasteiger partial charge in [0.2, 0.25) is 0 Å². The predicted octanol–water partition coefficient (Wildman–Crippen LogP) is 2.61. The standard InChI is InChI=1S/C16H16F3N5O3S/c1-10-20-7-15(27-10)28(25,26)23-4-2-11(3-5-23)12-8-24-14(21-9-22-24)6-13(12)16(17,18)19/h6-9,11H,2-5H2,1H3. The van der Waals surface area contributed by atoms with Crippen LogP contribution in [0.5, 0.6) is 0 Å². The number of pyridine rings is 1. The minimum atomic E-state index is -4.54. The topological polar surface area (TPSA) is 93.6 Å².